The molecule has 4 nitrogen and oxygen atoms in total. The molecule has 0 aromatic heterocycles. The topological polar surface area (TPSA) is 57.6 Å². The van der Waals surface area contributed by atoms with Crippen molar-refractivity contribution in [2.75, 3.05) is 7.05 Å². The van der Waals surface area contributed by atoms with Gasteiger partial charge in [0.1, 0.15) is 0 Å². The van der Waals surface area contributed by atoms with Crippen molar-refractivity contribution in [3.8, 4) is 0 Å². The largest absolute Gasteiger partial charge is 0.478 e. The summed E-state index contributed by atoms with van der Waals surface area (Å²) in [5.41, 5.74) is 2.24. The molecule has 0 saturated carbocycles. The van der Waals surface area contributed by atoms with E-state index in [0.29, 0.717) is 5.56 Å². The number of carboxylic acids is 1. The molecule has 0 saturated heterocycles. The average molecular weight is 289 g/mol. The van der Waals surface area contributed by atoms with Crippen LogP contribution in [-0.4, -0.2) is 35.0 Å². The van der Waals surface area contributed by atoms with E-state index in [1.807, 2.05) is 26.0 Å². The second-order valence-electron chi connectivity index (χ2n) is 5.36. The minimum Gasteiger partial charge on any atom is -0.478 e. The van der Waals surface area contributed by atoms with Gasteiger partial charge in [-0.15, -0.1) is 0 Å². The third-order valence-electron chi connectivity index (χ3n) is 3.45. The lowest BCUT2D eigenvalue weighted by atomic mass is 10.0. The van der Waals surface area contributed by atoms with Crippen molar-refractivity contribution < 1.29 is 14.7 Å². The SMILES string of the molecule is CCCC(C)N(C)C(=O)c1cc(C)cc(/C=C/C(=O)O)c1. The van der Waals surface area contributed by atoms with Crippen LogP contribution in [0.3, 0.4) is 0 Å². The number of amides is 1. The molecular formula is C17H23NO3. The summed E-state index contributed by atoms with van der Waals surface area (Å²) in [6.45, 7) is 6.02. The molecule has 1 N–H and O–H groups in total. The first-order chi connectivity index (χ1) is 9.85. The van der Waals surface area contributed by atoms with Crippen LogP contribution in [0.15, 0.2) is 24.3 Å². The van der Waals surface area contributed by atoms with Crippen LogP contribution in [0.5, 0.6) is 0 Å². The summed E-state index contributed by atoms with van der Waals surface area (Å²) in [6.07, 6.45) is 4.56. The van der Waals surface area contributed by atoms with Crippen LogP contribution in [0.4, 0.5) is 0 Å². The Balaban J connectivity index is 3.02. The van der Waals surface area contributed by atoms with Gasteiger partial charge >= 0.3 is 5.97 Å². The summed E-state index contributed by atoms with van der Waals surface area (Å²) < 4.78 is 0. The normalized spacial score (nSPS) is 12.4. The molecule has 114 valence electrons. The summed E-state index contributed by atoms with van der Waals surface area (Å²) >= 11 is 0. The molecule has 1 aromatic carbocycles. The highest BCUT2D eigenvalue weighted by Gasteiger charge is 2.17. The Labute approximate surface area is 126 Å². The highest BCUT2D eigenvalue weighted by Crippen LogP contribution is 2.15. The molecule has 0 radical (unpaired) electrons. The quantitative estimate of drug-likeness (QED) is 0.817. The van der Waals surface area contributed by atoms with Crippen LogP contribution >= 0.6 is 0 Å². The number of nitrogens with zero attached hydrogens (tertiary/aromatic N) is 1. The van der Waals surface area contributed by atoms with E-state index >= 15 is 0 Å². The van der Waals surface area contributed by atoms with E-state index in [4.69, 9.17) is 5.11 Å². The molecule has 0 heterocycles. The molecule has 1 atom stereocenters. The van der Waals surface area contributed by atoms with Crippen LogP contribution in [0.1, 0.15) is 48.2 Å². The van der Waals surface area contributed by atoms with Crippen LogP contribution in [0.25, 0.3) is 6.08 Å². The van der Waals surface area contributed by atoms with Crippen LogP contribution in [-0.2, 0) is 4.79 Å². The second-order valence-corrected chi connectivity index (χ2v) is 5.36. The zero-order valence-corrected chi connectivity index (χ0v) is 13.1. The fourth-order valence-electron chi connectivity index (χ4n) is 2.22. The first kappa shape index (κ1) is 17.0. The van der Waals surface area contributed by atoms with Gasteiger partial charge in [0.2, 0.25) is 0 Å². The first-order valence-corrected chi connectivity index (χ1v) is 7.15. The lowest BCUT2D eigenvalue weighted by Crippen LogP contribution is -2.35. The van der Waals surface area contributed by atoms with Gasteiger partial charge in [-0.1, -0.05) is 19.4 Å². The summed E-state index contributed by atoms with van der Waals surface area (Å²) in [5.74, 6) is -1.04. The molecule has 0 fully saturated rings. The molecule has 0 aliphatic heterocycles. The van der Waals surface area contributed by atoms with Gasteiger partial charge in [-0.25, -0.2) is 4.79 Å². The van der Waals surface area contributed by atoms with E-state index in [1.54, 1.807) is 18.0 Å². The number of carboxylic acid groups (broad SMARTS) is 1. The fourth-order valence-corrected chi connectivity index (χ4v) is 2.22. The van der Waals surface area contributed by atoms with Crippen molar-refractivity contribution in [1.82, 2.24) is 4.90 Å². The number of carbonyl (C=O) groups is 2. The van der Waals surface area contributed by atoms with E-state index in [9.17, 15) is 9.59 Å². The Hall–Kier alpha value is -2.10. The van der Waals surface area contributed by atoms with E-state index in [0.717, 1.165) is 30.0 Å². The van der Waals surface area contributed by atoms with Crippen molar-refractivity contribution in [2.45, 2.75) is 39.7 Å². The summed E-state index contributed by atoms with van der Waals surface area (Å²) in [5, 5.41) is 8.68. The van der Waals surface area contributed by atoms with Gasteiger partial charge in [-0.3, -0.25) is 4.79 Å². The highest BCUT2D eigenvalue weighted by atomic mass is 16.4. The first-order valence-electron chi connectivity index (χ1n) is 7.15. The van der Waals surface area contributed by atoms with Crippen molar-refractivity contribution in [2.24, 2.45) is 0 Å². The third-order valence-corrected chi connectivity index (χ3v) is 3.45. The Kier molecular flexibility index (Phi) is 6.15. The Bertz CT molecular complexity index is 549. The lowest BCUT2D eigenvalue weighted by Gasteiger charge is -2.25. The monoisotopic (exact) mass is 289 g/mol. The molecule has 1 aromatic rings. The predicted octanol–water partition coefficient (Wildman–Crippen LogP) is 3.35. The molecule has 21 heavy (non-hydrogen) atoms. The second kappa shape index (κ2) is 7.62. The Morgan fingerprint density at radius 3 is 2.57 bits per heavy atom. The number of aliphatic carboxylic acids is 1. The predicted molar refractivity (Wildman–Crippen MR) is 84.3 cm³/mol. The number of benzene rings is 1. The minimum absolute atomic E-state index is 0.0374. The van der Waals surface area contributed by atoms with Crippen molar-refractivity contribution in [3.63, 3.8) is 0 Å². The van der Waals surface area contributed by atoms with Crippen LogP contribution in [0.2, 0.25) is 0 Å². The standard InChI is InChI=1S/C17H23NO3/c1-5-6-13(3)18(4)17(21)15-10-12(2)9-14(11-15)7-8-16(19)20/h7-11,13H,5-6H2,1-4H3,(H,19,20)/b8-7+. The van der Waals surface area contributed by atoms with Gasteiger partial charge in [0.15, 0.2) is 0 Å². The highest BCUT2D eigenvalue weighted by molar-refractivity contribution is 5.95. The number of rotatable bonds is 6. The van der Waals surface area contributed by atoms with Crippen LogP contribution < -0.4 is 0 Å². The van der Waals surface area contributed by atoms with Gasteiger partial charge in [-0.2, -0.15) is 0 Å². The van der Waals surface area contributed by atoms with E-state index in [1.165, 1.54) is 6.08 Å². The van der Waals surface area contributed by atoms with Crippen LogP contribution in [0, 0.1) is 6.92 Å². The van der Waals surface area contributed by atoms with E-state index < -0.39 is 5.97 Å². The molecular weight excluding hydrogens is 266 g/mol. The zero-order chi connectivity index (χ0) is 16.0. The molecule has 0 spiro atoms. The maximum atomic E-state index is 12.5. The molecule has 0 bridgehead atoms. The van der Waals surface area contributed by atoms with Crippen molar-refractivity contribution in [1.29, 1.82) is 0 Å². The fraction of sp³-hybridized carbons (Fsp3) is 0.412. The number of hydrogen-bond acceptors (Lipinski definition) is 2. The molecule has 1 unspecified atom stereocenters. The van der Waals surface area contributed by atoms with Gasteiger partial charge in [0, 0.05) is 24.7 Å². The van der Waals surface area contributed by atoms with Crippen molar-refractivity contribution >= 4 is 18.0 Å². The summed E-state index contributed by atoms with van der Waals surface area (Å²) in [6, 6.07) is 5.59. The minimum atomic E-state index is -1.00. The van der Waals surface area contributed by atoms with E-state index in [2.05, 4.69) is 6.92 Å². The van der Waals surface area contributed by atoms with Crippen molar-refractivity contribution in [3.05, 3.63) is 41.0 Å². The number of hydrogen-bond donors (Lipinski definition) is 1. The smallest absolute Gasteiger partial charge is 0.328 e. The molecule has 4 heteroatoms. The lowest BCUT2D eigenvalue weighted by molar-refractivity contribution is -0.131. The molecule has 0 aliphatic carbocycles. The average Bonchev–Trinajstić information content (AvgIpc) is 2.43. The number of carbonyl (C=O) groups excluding carboxylic acids is 1. The van der Waals surface area contributed by atoms with Gasteiger partial charge < -0.3 is 10.0 Å². The molecule has 1 amide bonds. The Morgan fingerprint density at radius 2 is 2.00 bits per heavy atom. The summed E-state index contributed by atoms with van der Waals surface area (Å²) in [4.78, 5) is 24.8. The van der Waals surface area contributed by atoms with Gasteiger partial charge in [0.05, 0.1) is 0 Å². The zero-order valence-electron chi connectivity index (χ0n) is 13.1. The maximum absolute atomic E-state index is 12.5. The molecule has 0 aliphatic rings. The maximum Gasteiger partial charge on any atom is 0.328 e. The third kappa shape index (κ3) is 5.06. The Morgan fingerprint density at radius 1 is 1.33 bits per heavy atom. The summed E-state index contributed by atoms with van der Waals surface area (Å²) in [7, 11) is 1.80. The van der Waals surface area contributed by atoms with Gasteiger partial charge in [0.25, 0.3) is 5.91 Å². The molecule has 1 rings (SSSR count). The van der Waals surface area contributed by atoms with Gasteiger partial charge in [-0.05, 0) is 49.6 Å². The number of aryl methyl sites for hydroxylation is 1. The van der Waals surface area contributed by atoms with E-state index in [-0.39, 0.29) is 11.9 Å².